The van der Waals surface area contributed by atoms with Gasteiger partial charge in [-0.15, -0.1) is 0 Å². The van der Waals surface area contributed by atoms with Gasteiger partial charge in [0, 0.05) is 18.5 Å². The maximum atomic E-state index is 5.43. The Balaban J connectivity index is 2.39. The van der Waals surface area contributed by atoms with Crippen LogP contribution in [0.25, 0.3) is 10.9 Å². The van der Waals surface area contributed by atoms with Crippen LogP contribution in [0.2, 0.25) is 0 Å². The van der Waals surface area contributed by atoms with Crippen molar-refractivity contribution in [1.82, 2.24) is 9.78 Å². The zero-order chi connectivity index (χ0) is 9.97. The average Bonchev–Trinajstić information content (AvgIpc) is 2.57. The SMILES string of the molecule is C=CCOc1ccc2cnn(C)c2c1. The number of aryl methyl sites for hydroxylation is 1. The van der Waals surface area contributed by atoms with Crippen LogP contribution in [0.5, 0.6) is 5.75 Å². The predicted octanol–water partition coefficient (Wildman–Crippen LogP) is 2.14. The summed E-state index contributed by atoms with van der Waals surface area (Å²) in [6.07, 6.45) is 3.57. The summed E-state index contributed by atoms with van der Waals surface area (Å²) in [5, 5.41) is 5.28. The molecule has 1 aromatic heterocycles. The second-order valence-electron chi connectivity index (χ2n) is 3.09. The maximum Gasteiger partial charge on any atom is 0.121 e. The molecule has 0 saturated carbocycles. The molecule has 1 heterocycles. The Kier molecular flexibility index (Phi) is 2.23. The first-order valence-electron chi connectivity index (χ1n) is 4.47. The van der Waals surface area contributed by atoms with Gasteiger partial charge in [-0.25, -0.2) is 0 Å². The molecule has 0 spiro atoms. The Morgan fingerprint density at radius 1 is 1.57 bits per heavy atom. The van der Waals surface area contributed by atoms with Crippen molar-refractivity contribution in [2.45, 2.75) is 0 Å². The monoisotopic (exact) mass is 188 g/mol. The lowest BCUT2D eigenvalue weighted by atomic mass is 10.2. The normalized spacial score (nSPS) is 10.4. The quantitative estimate of drug-likeness (QED) is 0.690. The van der Waals surface area contributed by atoms with Gasteiger partial charge in [0.05, 0.1) is 11.7 Å². The van der Waals surface area contributed by atoms with Gasteiger partial charge < -0.3 is 4.74 Å². The van der Waals surface area contributed by atoms with E-state index >= 15 is 0 Å². The van der Waals surface area contributed by atoms with Crippen molar-refractivity contribution in [3.8, 4) is 5.75 Å². The molecule has 0 fully saturated rings. The fourth-order valence-corrected chi connectivity index (χ4v) is 1.37. The molecule has 0 saturated heterocycles. The molecule has 0 radical (unpaired) electrons. The van der Waals surface area contributed by atoms with E-state index in [9.17, 15) is 0 Å². The molecule has 3 nitrogen and oxygen atoms in total. The van der Waals surface area contributed by atoms with E-state index in [2.05, 4.69) is 11.7 Å². The molecule has 0 aliphatic carbocycles. The number of hydrogen-bond donors (Lipinski definition) is 0. The van der Waals surface area contributed by atoms with Gasteiger partial charge in [0.2, 0.25) is 0 Å². The number of nitrogens with zero attached hydrogens (tertiary/aromatic N) is 2. The minimum absolute atomic E-state index is 0.531. The van der Waals surface area contributed by atoms with Gasteiger partial charge in [0.25, 0.3) is 0 Å². The largest absolute Gasteiger partial charge is 0.489 e. The molecule has 2 rings (SSSR count). The van der Waals surface area contributed by atoms with Gasteiger partial charge in [-0.05, 0) is 12.1 Å². The van der Waals surface area contributed by atoms with Gasteiger partial charge in [-0.1, -0.05) is 12.7 Å². The minimum Gasteiger partial charge on any atom is -0.489 e. The third-order valence-corrected chi connectivity index (χ3v) is 2.09. The van der Waals surface area contributed by atoms with Crippen molar-refractivity contribution in [3.05, 3.63) is 37.1 Å². The van der Waals surface area contributed by atoms with Crippen LogP contribution in [-0.4, -0.2) is 16.4 Å². The highest BCUT2D eigenvalue weighted by atomic mass is 16.5. The number of fused-ring (bicyclic) bond motifs is 1. The van der Waals surface area contributed by atoms with E-state index in [0.717, 1.165) is 16.7 Å². The van der Waals surface area contributed by atoms with Gasteiger partial charge in [-0.3, -0.25) is 4.68 Å². The third-order valence-electron chi connectivity index (χ3n) is 2.09. The molecule has 0 atom stereocenters. The van der Waals surface area contributed by atoms with Crippen molar-refractivity contribution in [3.63, 3.8) is 0 Å². The number of aromatic nitrogens is 2. The third kappa shape index (κ3) is 1.48. The minimum atomic E-state index is 0.531. The lowest BCUT2D eigenvalue weighted by Crippen LogP contribution is -1.93. The Hall–Kier alpha value is -1.77. The zero-order valence-corrected chi connectivity index (χ0v) is 8.10. The number of ether oxygens (including phenoxy) is 1. The summed E-state index contributed by atoms with van der Waals surface area (Å²) in [7, 11) is 1.92. The fourth-order valence-electron chi connectivity index (χ4n) is 1.37. The Morgan fingerprint density at radius 3 is 3.21 bits per heavy atom. The molecule has 0 aliphatic heterocycles. The topological polar surface area (TPSA) is 27.1 Å². The van der Waals surface area contributed by atoms with E-state index in [1.54, 1.807) is 6.08 Å². The molecular weight excluding hydrogens is 176 g/mol. The van der Waals surface area contributed by atoms with Gasteiger partial charge in [-0.2, -0.15) is 5.10 Å². The van der Waals surface area contributed by atoms with Crippen LogP contribution >= 0.6 is 0 Å². The molecule has 0 N–H and O–H groups in total. The van der Waals surface area contributed by atoms with Crippen molar-refractivity contribution in [2.24, 2.45) is 7.05 Å². The summed E-state index contributed by atoms with van der Waals surface area (Å²) in [5.74, 6) is 0.848. The van der Waals surface area contributed by atoms with E-state index in [4.69, 9.17) is 4.74 Å². The van der Waals surface area contributed by atoms with Crippen molar-refractivity contribution >= 4 is 10.9 Å². The van der Waals surface area contributed by atoms with Crippen LogP contribution in [-0.2, 0) is 7.05 Å². The van der Waals surface area contributed by atoms with Gasteiger partial charge in [0.15, 0.2) is 0 Å². The van der Waals surface area contributed by atoms with Crippen LogP contribution < -0.4 is 4.74 Å². The Bertz CT molecular complexity index is 459. The highest BCUT2D eigenvalue weighted by Gasteiger charge is 2.00. The lowest BCUT2D eigenvalue weighted by molar-refractivity contribution is 0.363. The zero-order valence-electron chi connectivity index (χ0n) is 8.10. The van der Waals surface area contributed by atoms with Crippen LogP contribution in [0.4, 0.5) is 0 Å². The molecule has 0 bridgehead atoms. The first-order chi connectivity index (χ1) is 6.81. The van der Waals surface area contributed by atoms with Gasteiger partial charge in [0.1, 0.15) is 12.4 Å². The van der Waals surface area contributed by atoms with E-state index in [1.165, 1.54) is 0 Å². The summed E-state index contributed by atoms with van der Waals surface area (Å²) in [4.78, 5) is 0. The highest BCUT2D eigenvalue weighted by Crippen LogP contribution is 2.19. The standard InChI is InChI=1S/C11H12N2O/c1-3-6-14-10-5-4-9-8-12-13(2)11(9)7-10/h3-5,7-8H,1,6H2,2H3. The molecular formula is C11H12N2O. The summed E-state index contributed by atoms with van der Waals surface area (Å²) in [5.41, 5.74) is 1.08. The van der Waals surface area contributed by atoms with Crippen LogP contribution in [0, 0.1) is 0 Å². The smallest absolute Gasteiger partial charge is 0.121 e. The summed E-state index contributed by atoms with van der Waals surface area (Å²) in [6, 6.07) is 5.92. The molecule has 1 aromatic carbocycles. The highest BCUT2D eigenvalue weighted by molar-refractivity contribution is 5.79. The fraction of sp³-hybridized carbons (Fsp3) is 0.182. The van der Waals surface area contributed by atoms with E-state index in [1.807, 2.05) is 36.1 Å². The summed E-state index contributed by atoms with van der Waals surface area (Å²) < 4.78 is 7.26. The lowest BCUT2D eigenvalue weighted by Gasteiger charge is -2.03. The maximum absolute atomic E-state index is 5.43. The first kappa shape index (κ1) is 8.81. The second-order valence-corrected chi connectivity index (χ2v) is 3.09. The van der Waals surface area contributed by atoms with Crippen LogP contribution in [0.3, 0.4) is 0 Å². The second kappa shape index (κ2) is 3.54. The average molecular weight is 188 g/mol. The molecule has 0 aliphatic rings. The Morgan fingerprint density at radius 2 is 2.43 bits per heavy atom. The summed E-state index contributed by atoms with van der Waals surface area (Å²) >= 11 is 0. The van der Waals surface area contributed by atoms with Crippen molar-refractivity contribution < 1.29 is 4.74 Å². The van der Waals surface area contributed by atoms with Gasteiger partial charge >= 0.3 is 0 Å². The molecule has 3 heteroatoms. The molecule has 2 aromatic rings. The van der Waals surface area contributed by atoms with E-state index in [-0.39, 0.29) is 0 Å². The molecule has 72 valence electrons. The first-order valence-corrected chi connectivity index (χ1v) is 4.47. The Labute approximate surface area is 82.6 Å². The van der Waals surface area contributed by atoms with E-state index in [0.29, 0.717) is 6.61 Å². The predicted molar refractivity (Wildman–Crippen MR) is 56.4 cm³/mol. The van der Waals surface area contributed by atoms with Crippen molar-refractivity contribution in [2.75, 3.05) is 6.61 Å². The molecule has 0 unspecified atom stereocenters. The molecule has 14 heavy (non-hydrogen) atoms. The number of rotatable bonds is 3. The summed E-state index contributed by atoms with van der Waals surface area (Å²) in [6.45, 7) is 4.13. The van der Waals surface area contributed by atoms with Crippen LogP contribution in [0.1, 0.15) is 0 Å². The number of hydrogen-bond acceptors (Lipinski definition) is 2. The van der Waals surface area contributed by atoms with Crippen LogP contribution in [0.15, 0.2) is 37.1 Å². The van der Waals surface area contributed by atoms with E-state index < -0.39 is 0 Å². The molecule has 0 amide bonds. The number of benzene rings is 1. The van der Waals surface area contributed by atoms with Crippen molar-refractivity contribution in [1.29, 1.82) is 0 Å².